The molecule has 2 rings (SSSR count). The molecule has 0 atom stereocenters. The van der Waals surface area contributed by atoms with Gasteiger partial charge in [-0.3, -0.25) is 4.79 Å². The van der Waals surface area contributed by atoms with Crippen molar-refractivity contribution in [3.63, 3.8) is 0 Å². The number of nitrogens with zero attached hydrogens (tertiary/aromatic N) is 4. The van der Waals surface area contributed by atoms with E-state index in [4.69, 9.17) is 11.6 Å². The lowest BCUT2D eigenvalue weighted by Crippen LogP contribution is -2.27. The molecule has 1 aromatic carbocycles. The van der Waals surface area contributed by atoms with Crippen molar-refractivity contribution < 1.29 is 4.79 Å². The van der Waals surface area contributed by atoms with Gasteiger partial charge in [-0.2, -0.15) is 0 Å². The third kappa shape index (κ3) is 5.51. The van der Waals surface area contributed by atoms with Crippen molar-refractivity contribution in [3.05, 3.63) is 29.3 Å². The fourth-order valence-corrected chi connectivity index (χ4v) is 3.24. The Labute approximate surface area is 142 Å². The average Bonchev–Trinajstić information content (AvgIpc) is 2.99. The van der Waals surface area contributed by atoms with Crippen LogP contribution in [-0.4, -0.2) is 44.2 Å². The second kappa shape index (κ2) is 9.02. The van der Waals surface area contributed by atoms with E-state index in [0.717, 1.165) is 15.7 Å². The minimum absolute atomic E-state index is 0.0210. The topological polar surface area (TPSA) is 72.7 Å². The van der Waals surface area contributed by atoms with E-state index < -0.39 is 0 Å². The Balaban J connectivity index is 1.62. The van der Waals surface area contributed by atoms with Gasteiger partial charge in [-0.05, 0) is 41.6 Å². The van der Waals surface area contributed by atoms with E-state index in [1.54, 1.807) is 16.4 Å². The SMILES string of the molecule is CCn1nnnc1SCC(=O)NCCSc1ccc(Cl)cc1. The Morgan fingerprint density at radius 1 is 1.32 bits per heavy atom. The first kappa shape index (κ1) is 17.1. The number of aryl methyl sites for hydroxylation is 1. The van der Waals surface area contributed by atoms with Crippen LogP contribution in [0.2, 0.25) is 5.02 Å². The molecule has 9 heteroatoms. The van der Waals surface area contributed by atoms with Crippen molar-refractivity contribution in [2.75, 3.05) is 18.1 Å². The highest BCUT2D eigenvalue weighted by atomic mass is 35.5. The quantitative estimate of drug-likeness (QED) is 0.577. The van der Waals surface area contributed by atoms with Crippen LogP contribution < -0.4 is 5.32 Å². The minimum Gasteiger partial charge on any atom is -0.355 e. The van der Waals surface area contributed by atoms with Gasteiger partial charge >= 0.3 is 0 Å². The summed E-state index contributed by atoms with van der Waals surface area (Å²) in [5.74, 6) is 1.10. The molecule has 1 aromatic heterocycles. The summed E-state index contributed by atoms with van der Waals surface area (Å²) in [6, 6.07) is 7.65. The Morgan fingerprint density at radius 2 is 2.09 bits per heavy atom. The number of hydrogen-bond donors (Lipinski definition) is 1. The molecule has 0 radical (unpaired) electrons. The third-order valence-electron chi connectivity index (χ3n) is 2.64. The van der Waals surface area contributed by atoms with E-state index in [-0.39, 0.29) is 5.91 Å². The largest absolute Gasteiger partial charge is 0.355 e. The van der Waals surface area contributed by atoms with Crippen LogP contribution >= 0.6 is 35.1 Å². The maximum Gasteiger partial charge on any atom is 0.230 e. The zero-order valence-corrected chi connectivity index (χ0v) is 14.4. The number of hydrogen-bond acceptors (Lipinski definition) is 6. The first-order valence-electron chi connectivity index (χ1n) is 6.73. The van der Waals surface area contributed by atoms with Gasteiger partial charge in [0.1, 0.15) is 0 Å². The standard InChI is InChI=1S/C13H16ClN5OS2/c1-2-19-13(16-17-18-19)22-9-12(20)15-7-8-21-11-5-3-10(14)4-6-11/h3-6H,2,7-9H2,1H3,(H,15,20). The summed E-state index contributed by atoms with van der Waals surface area (Å²) in [4.78, 5) is 12.9. The van der Waals surface area contributed by atoms with Gasteiger partial charge in [-0.15, -0.1) is 16.9 Å². The van der Waals surface area contributed by atoms with Crippen molar-refractivity contribution >= 4 is 41.0 Å². The molecule has 0 aliphatic carbocycles. The number of carbonyl (C=O) groups is 1. The Morgan fingerprint density at radius 3 is 2.82 bits per heavy atom. The molecule has 0 unspecified atom stereocenters. The van der Waals surface area contributed by atoms with Gasteiger partial charge in [-0.1, -0.05) is 23.4 Å². The summed E-state index contributed by atoms with van der Waals surface area (Å²) in [6.07, 6.45) is 0. The summed E-state index contributed by atoms with van der Waals surface area (Å²) in [5.41, 5.74) is 0. The summed E-state index contributed by atoms with van der Waals surface area (Å²) in [7, 11) is 0. The number of benzene rings is 1. The van der Waals surface area contributed by atoms with Gasteiger partial charge in [0.05, 0.1) is 5.75 Å². The van der Waals surface area contributed by atoms with E-state index in [9.17, 15) is 4.79 Å². The predicted octanol–water partition coefficient (Wildman–Crippen LogP) is 2.35. The first-order chi connectivity index (χ1) is 10.7. The van der Waals surface area contributed by atoms with E-state index in [0.29, 0.717) is 24.0 Å². The fourth-order valence-electron chi connectivity index (χ4n) is 1.57. The number of carbonyl (C=O) groups excluding carboxylic acids is 1. The predicted molar refractivity (Wildman–Crippen MR) is 89.4 cm³/mol. The molecule has 0 aliphatic rings. The van der Waals surface area contributed by atoms with Gasteiger partial charge in [0.25, 0.3) is 0 Å². The smallest absolute Gasteiger partial charge is 0.230 e. The highest BCUT2D eigenvalue weighted by Gasteiger charge is 2.08. The zero-order chi connectivity index (χ0) is 15.8. The molecule has 6 nitrogen and oxygen atoms in total. The van der Waals surface area contributed by atoms with Crippen molar-refractivity contribution in [1.29, 1.82) is 0 Å². The van der Waals surface area contributed by atoms with Crippen LogP contribution in [0.4, 0.5) is 0 Å². The van der Waals surface area contributed by atoms with Gasteiger partial charge in [0, 0.05) is 28.8 Å². The van der Waals surface area contributed by atoms with Crippen LogP contribution in [0, 0.1) is 0 Å². The maximum absolute atomic E-state index is 11.8. The highest BCUT2D eigenvalue weighted by Crippen LogP contribution is 2.19. The number of halogens is 1. The summed E-state index contributed by atoms with van der Waals surface area (Å²) >= 11 is 8.84. The molecule has 0 spiro atoms. The van der Waals surface area contributed by atoms with Crippen molar-refractivity contribution in [1.82, 2.24) is 25.5 Å². The van der Waals surface area contributed by atoms with Crippen LogP contribution in [0.5, 0.6) is 0 Å². The number of nitrogens with one attached hydrogen (secondary N) is 1. The molecule has 2 aromatic rings. The number of thioether (sulfide) groups is 2. The molecule has 118 valence electrons. The zero-order valence-electron chi connectivity index (χ0n) is 12.0. The minimum atomic E-state index is -0.0210. The lowest BCUT2D eigenvalue weighted by Gasteiger charge is -2.05. The van der Waals surface area contributed by atoms with E-state index >= 15 is 0 Å². The van der Waals surface area contributed by atoms with Crippen molar-refractivity contribution in [2.45, 2.75) is 23.5 Å². The Kier molecular flexibility index (Phi) is 7.01. The second-order valence-electron chi connectivity index (χ2n) is 4.22. The van der Waals surface area contributed by atoms with E-state index in [2.05, 4.69) is 20.8 Å². The first-order valence-corrected chi connectivity index (χ1v) is 9.08. The van der Waals surface area contributed by atoms with Gasteiger partial charge in [0.15, 0.2) is 0 Å². The van der Waals surface area contributed by atoms with Crippen LogP contribution in [0.1, 0.15) is 6.92 Å². The number of aromatic nitrogens is 4. The monoisotopic (exact) mass is 357 g/mol. The van der Waals surface area contributed by atoms with Crippen LogP contribution in [0.3, 0.4) is 0 Å². The molecule has 0 aliphatic heterocycles. The molecule has 0 fully saturated rings. The molecule has 1 amide bonds. The van der Waals surface area contributed by atoms with Crippen LogP contribution in [0.15, 0.2) is 34.3 Å². The van der Waals surface area contributed by atoms with Gasteiger partial charge < -0.3 is 5.32 Å². The van der Waals surface area contributed by atoms with Gasteiger partial charge in [0.2, 0.25) is 11.1 Å². The summed E-state index contributed by atoms with van der Waals surface area (Å²) in [5, 5.41) is 15.5. The highest BCUT2D eigenvalue weighted by molar-refractivity contribution is 7.99. The maximum atomic E-state index is 11.8. The molecule has 0 saturated heterocycles. The Bertz CT molecular complexity index is 605. The molecule has 22 heavy (non-hydrogen) atoms. The number of amides is 1. The Hall–Kier alpha value is -1.25. The second-order valence-corrected chi connectivity index (χ2v) is 6.77. The summed E-state index contributed by atoms with van der Waals surface area (Å²) in [6.45, 7) is 3.26. The van der Waals surface area contributed by atoms with E-state index in [1.165, 1.54) is 11.8 Å². The van der Waals surface area contributed by atoms with Crippen molar-refractivity contribution in [2.24, 2.45) is 0 Å². The lowest BCUT2D eigenvalue weighted by atomic mass is 10.4. The number of rotatable bonds is 8. The van der Waals surface area contributed by atoms with Crippen molar-refractivity contribution in [3.8, 4) is 0 Å². The molecule has 1 N–H and O–H groups in total. The molecule has 0 bridgehead atoms. The van der Waals surface area contributed by atoms with E-state index in [1.807, 2.05) is 31.2 Å². The number of tetrazole rings is 1. The molecular formula is C13H16ClN5OS2. The normalized spacial score (nSPS) is 10.6. The molecular weight excluding hydrogens is 342 g/mol. The lowest BCUT2D eigenvalue weighted by molar-refractivity contribution is -0.118. The van der Waals surface area contributed by atoms with Gasteiger partial charge in [-0.25, -0.2) is 4.68 Å². The average molecular weight is 358 g/mol. The fraction of sp³-hybridized carbons (Fsp3) is 0.385. The van der Waals surface area contributed by atoms with Crippen LogP contribution in [-0.2, 0) is 11.3 Å². The molecule has 1 heterocycles. The third-order valence-corrected chi connectivity index (χ3v) is 4.86. The van der Waals surface area contributed by atoms with Crippen LogP contribution in [0.25, 0.3) is 0 Å². The summed E-state index contributed by atoms with van der Waals surface area (Å²) < 4.78 is 1.66. The molecule has 0 saturated carbocycles.